The van der Waals surface area contributed by atoms with E-state index in [0.29, 0.717) is 17.5 Å². The van der Waals surface area contributed by atoms with Crippen molar-refractivity contribution in [2.75, 3.05) is 0 Å². The van der Waals surface area contributed by atoms with E-state index in [1.807, 2.05) is 0 Å². The lowest BCUT2D eigenvalue weighted by Crippen LogP contribution is -2.57. The zero-order valence-electron chi connectivity index (χ0n) is 59.7. The lowest BCUT2D eigenvalue weighted by Gasteiger charge is -2.27. The van der Waals surface area contributed by atoms with Gasteiger partial charge in [-0.3, -0.25) is 0 Å². The first kappa shape index (κ1) is 64.0. The van der Waals surface area contributed by atoms with Gasteiger partial charge in [0, 0.05) is 38.5 Å². The second kappa shape index (κ2) is 22.1. The van der Waals surface area contributed by atoms with Crippen molar-refractivity contribution >= 4 is 470 Å². The van der Waals surface area contributed by atoms with Crippen molar-refractivity contribution in [1.82, 2.24) is 19.5 Å². The van der Waals surface area contributed by atoms with Crippen LogP contribution in [0.2, 0.25) is 0 Å². The molecule has 37 heteroatoms. The molecule has 0 fully saturated rings. The van der Waals surface area contributed by atoms with E-state index in [2.05, 4.69) is 256 Å². The molecule has 11 aromatic rings. The molecular formula is C51H64B32N4O. The highest BCUT2D eigenvalue weighted by Crippen LogP contribution is 2.36. The number of furan rings is 1. The van der Waals surface area contributed by atoms with Gasteiger partial charge in [-0.2, -0.15) is 0 Å². The maximum Gasteiger partial charge on any atom is 0.163 e. The molecule has 8 aromatic carbocycles. The summed E-state index contributed by atoms with van der Waals surface area (Å²) >= 11 is 0. The highest BCUT2D eigenvalue weighted by atomic mass is 16.3. The Bertz CT molecular complexity index is 5050. The molecule has 11 rings (SSSR count). The standard InChI is InChI=1S/C51H64B32N4O/c52-12-1(3-15(55)28(68)35(75)29(69)16(3)56)19(59)40(80)44-5(12)6-20(60)32(72)38(78)41(81)45(6)87(44)46-8-7-21(61)22(62)11(26(66)47(7)88-48(8)43(83)39(79)42(46)82)51-85-49(84-50(86-51)10-24(64)33(73)37(77)34(74)25(10)65)9-13(53)2(14(54)27(67)23(9)63)4-17(57)30(70)36(76)31(71)18(4)58/h52-83H2. The highest BCUT2D eigenvalue weighted by molar-refractivity contribution is 6.76. The Morgan fingerprint density at radius 2 is 0.420 bits per heavy atom. The van der Waals surface area contributed by atoms with Gasteiger partial charge in [0.2, 0.25) is 0 Å². The summed E-state index contributed by atoms with van der Waals surface area (Å²) in [7, 11) is 73.7. The predicted molar refractivity (Wildman–Crippen MR) is 490 cm³/mol. The number of rotatable bonds is 6. The van der Waals surface area contributed by atoms with E-state index in [1.54, 1.807) is 0 Å². The summed E-state index contributed by atoms with van der Waals surface area (Å²) in [5.41, 5.74) is 55.2. The van der Waals surface area contributed by atoms with Crippen molar-refractivity contribution in [2.24, 2.45) is 0 Å². The Morgan fingerprint density at radius 1 is 0.182 bits per heavy atom. The Kier molecular flexibility index (Phi) is 16.1. The second-order valence-electron chi connectivity index (χ2n) is 27.6. The van der Waals surface area contributed by atoms with Crippen LogP contribution in [0, 0.1) is 0 Å². The van der Waals surface area contributed by atoms with E-state index in [9.17, 15) is 0 Å². The molecule has 0 atom stereocenters. The maximum absolute atomic E-state index is 7.63. The minimum Gasteiger partial charge on any atom is -0.457 e. The van der Waals surface area contributed by atoms with Gasteiger partial charge in [0.15, 0.2) is 17.5 Å². The summed E-state index contributed by atoms with van der Waals surface area (Å²) in [6.07, 6.45) is 0. The van der Waals surface area contributed by atoms with Crippen molar-refractivity contribution in [3.05, 3.63) is 0 Å². The second-order valence-corrected chi connectivity index (χ2v) is 27.6. The molecule has 0 saturated carbocycles. The third-order valence-corrected chi connectivity index (χ3v) is 24.3. The van der Waals surface area contributed by atoms with Crippen LogP contribution in [0.15, 0.2) is 4.42 Å². The quantitative estimate of drug-likeness (QED) is 0.156. The number of nitrogens with zero attached hydrogens (tertiary/aromatic N) is 4. The predicted octanol–water partition coefficient (Wildman–Crippen LogP) is -42.5. The molecule has 0 spiro atoms. The lowest BCUT2D eigenvalue weighted by atomic mass is 9.56. The minimum atomic E-state index is 0.661. The van der Waals surface area contributed by atoms with Crippen LogP contribution in [-0.4, -0.2) is 271 Å². The fraction of sp³-hybridized carbons (Fsp3) is 0. The summed E-state index contributed by atoms with van der Waals surface area (Å²) in [6, 6.07) is 0. The maximum atomic E-state index is 7.63. The largest absolute Gasteiger partial charge is 0.457 e. The van der Waals surface area contributed by atoms with E-state index in [4.69, 9.17) is 19.4 Å². The molecule has 0 aliphatic rings. The molecule has 0 aliphatic heterocycles. The van der Waals surface area contributed by atoms with Gasteiger partial charge >= 0.3 is 0 Å². The third kappa shape index (κ3) is 8.64. The molecule has 0 unspecified atom stereocenters. The first-order chi connectivity index (χ1) is 41.1. The summed E-state index contributed by atoms with van der Waals surface area (Å²) in [5.74, 6) is 2.05. The van der Waals surface area contributed by atoms with Gasteiger partial charge in [0.1, 0.15) is 262 Å². The van der Waals surface area contributed by atoms with Gasteiger partial charge < -0.3 is 8.98 Å². The number of aromatic nitrogens is 4. The normalized spacial score (nSPS) is 11.7. The van der Waals surface area contributed by atoms with Crippen LogP contribution in [0.25, 0.3) is 106 Å². The van der Waals surface area contributed by atoms with Crippen molar-refractivity contribution in [3.8, 4) is 62.1 Å². The van der Waals surface area contributed by atoms with E-state index >= 15 is 0 Å². The lowest BCUT2D eigenvalue weighted by molar-refractivity contribution is 0.674. The van der Waals surface area contributed by atoms with Crippen LogP contribution in [0.3, 0.4) is 0 Å². The third-order valence-electron chi connectivity index (χ3n) is 24.3. The zero-order chi connectivity index (χ0) is 64.9. The van der Waals surface area contributed by atoms with Gasteiger partial charge in [-0.05, 0) is 33.1 Å². The number of hydrogen-bond donors (Lipinski definition) is 0. The molecule has 0 amide bonds. The Labute approximate surface area is 551 Å². The number of fused-ring (bicyclic) bond motifs is 6. The monoisotopic (exact) mass is 1100 g/mol. The van der Waals surface area contributed by atoms with Crippen LogP contribution in [0.4, 0.5) is 0 Å². The molecule has 3 heterocycles. The summed E-state index contributed by atoms with van der Waals surface area (Å²) in [4.78, 5) is 17.2. The van der Waals surface area contributed by atoms with Crippen LogP contribution >= 0.6 is 0 Å². The molecular weight excluding hydrogens is 1030 g/mol. The van der Waals surface area contributed by atoms with Crippen LogP contribution in [0.5, 0.6) is 0 Å². The van der Waals surface area contributed by atoms with E-state index in [0.717, 1.165) is 60.5 Å². The topological polar surface area (TPSA) is 56.7 Å². The fourth-order valence-electron chi connectivity index (χ4n) is 16.4. The van der Waals surface area contributed by atoms with Gasteiger partial charge in [-0.15, -0.1) is 60.1 Å². The van der Waals surface area contributed by atoms with Crippen LogP contribution in [0.1, 0.15) is 0 Å². The molecule has 0 saturated heterocycles. The average Bonchev–Trinajstić information content (AvgIpc) is 1.53. The number of benzene rings is 8. The summed E-state index contributed by atoms with van der Waals surface area (Å²) in [6.45, 7) is 0. The van der Waals surface area contributed by atoms with Crippen molar-refractivity contribution in [3.63, 3.8) is 0 Å². The highest BCUT2D eigenvalue weighted by Gasteiger charge is 2.33. The molecule has 0 radical (unpaired) electrons. The molecule has 0 bridgehead atoms. The SMILES string of the molecule is Bc1c(B)c(B)c(-c2nc(-c3c(B)c(B)c(B)c(-c4c(B)c(B)c(B)c(B)c4B)c3B)nc(-c3c(B)c(B)c4c(oc5c(B)c(B)c(B)c(-n6c7c(B)c(B)c(B)c(B)c7c7c(B)c(-c8c(B)c(B)c(B)c(B)c8B)c(B)c(B)c76)c54)c3B)n2)c(B)c1B. The van der Waals surface area contributed by atoms with E-state index in [-0.39, 0.29) is 0 Å². The van der Waals surface area contributed by atoms with Gasteiger partial charge in [-0.1, -0.05) is 109 Å². The van der Waals surface area contributed by atoms with Gasteiger partial charge in [0.05, 0.1) is 11.1 Å². The first-order valence-corrected chi connectivity index (χ1v) is 32.2. The zero-order valence-corrected chi connectivity index (χ0v) is 59.7. The van der Waals surface area contributed by atoms with Crippen molar-refractivity contribution in [1.29, 1.82) is 0 Å². The first-order valence-electron chi connectivity index (χ1n) is 32.2. The Hall–Kier alpha value is -5.55. The molecule has 390 valence electrons. The molecule has 0 aliphatic carbocycles. The van der Waals surface area contributed by atoms with Gasteiger partial charge in [0.25, 0.3) is 0 Å². The minimum absolute atomic E-state index is 0.661. The Balaban J connectivity index is 1.29. The van der Waals surface area contributed by atoms with Gasteiger partial charge in [-0.25, -0.2) is 15.0 Å². The molecule has 3 aromatic heterocycles. The van der Waals surface area contributed by atoms with Crippen LogP contribution in [-0.2, 0) is 0 Å². The van der Waals surface area contributed by atoms with Crippen molar-refractivity contribution in [2.45, 2.75) is 0 Å². The van der Waals surface area contributed by atoms with Crippen molar-refractivity contribution < 1.29 is 4.42 Å². The van der Waals surface area contributed by atoms with Crippen LogP contribution < -0.4 is 175 Å². The smallest absolute Gasteiger partial charge is 0.163 e. The molecule has 5 nitrogen and oxygen atoms in total. The Morgan fingerprint density at radius 3 is 0.841 bits per heavy atom. The summed E-state index contributed by atoms with van der Waals surface area (Å²) in [5, 5.41) is 5.00. The van der Waals surface area contributed by atoms with E-state index in [1.165, 1.54) is 203 Å². The van der Waals surface area contributed by atoms with E-state index < -0.39 is 0 Å². The fourth-order valence-corrected chi connectivity index (χ4v) is 16.4. The molecule has 0 N–H and O–H groups in total. The molecule has 88 heavy (non-hydrogen) atoms. The summed E-state index contributed by atoms with van der Waals surface area (Å²) < 4.78 is 10.3. The average molecular weight is 1100 g/mol. The number of hydrogen-bond acceptors (Lipinski definition) is 4.